The Kier molecular flexibility index (Phi) is 5.34. The van der Waals surface area contributed by atoms with Crippen LogP contribution >= 0.6 is 12.4 Å². The lowest BCUT2D eigenvalue weighted by molar-refractivity contribution is 0.0824. The van der Waals surface area contributed by atoms with Crippen LogP contribution in [0.25, 0.3) is 0 Å². The van der Waals surface area contributed by atoms with Crippen molar-refractivity contribution in [2.45, 2.75) is 44.2 Å². The molecule has 2 heterocycles. The van der Waals surface area contributed by atoms with Crippen molar-refractivity contribution in [3.8, 4) is 0 Å². The fourth-order valence-electron chi connectivity index (χ4n) is 4.44. The average Bonchev–Trinajstić information content (AvgIpc) is 2.65. The van der Waals surface area contributed by atoms with E-state index in [4.69, 9.17) is 0 Å². The van der Waals surface area contributed by atoms with E-state index in [0.717, 1.165) is 23.9 Å². The second-order valence-corrected chi connectivity index (χ2v) is 7.14. The molecule has 0 aliphatic carbocycles. The Morgan fingerprint density at radius 2 is 1.81 bits per heavy atom. The maximum Gasteiger partial charge on any atom is 0.0142 e. The summed E-state index contributed by atoms with van der Waals surface area (Å²) in [6.07, 6.45) is 4.13. The quantitative estimate of drug-likeness (QED) is 0.842. The third-order valence-corrected chi connectivity index (χ3v) is 5.51. The second-order valence-electron chi connectivity index (χ2n) is 7.14. The van der Waals surface area contributed by atoms with Gasteiger partial charge in [0.1, 0.15) is 0 Å². The number of nitrogens with zero attached hydrogens (tertiary/aromatic N) is 2. The number of halogens is 1. The number of rotatable bonds is 3. The van der Waals surface area contributed by atoms with E-state index in [1.807, 2.05) is 0 Å². The van der Waals surface area contributed by atoms with Crippen LogP contribution in [0.2, 0.25) is 0 Å². The number of fused-ring (bicyclic) bond motifs is 2. The smallest absolute Gasteiger partial charge is 0.0142 e. The van der Waals surface area contributed by atoms with Crippen molar-refractivity contribution in [3.05, 3.63) is 35.4 Å². The van der Waals surface area contributed by atoms with Gasteiger partial charge >= 0.3 is 0 Å². The number of hydrogen-bond acceptors (Lipinski definition) is 2. The average molecular weight is 309 g/mol. The first-order chi connectivity index (χ1) is 9.56. The second kappa shape index (κ2) is 6.68. The minimum atomic E-state index is 0. The van der Waals surface area contributed by atoms with E-state index in [2.05, 4.69) is 62.1 Å². The molecule has 2 aliphatic heterocycles. The predicted octanol–water partition coefficient (Wildman–Crippen LogP) is 3.54. The van der Waals surface area contributed by atoms with Crippen LogP contribution in [0, 0.1) is 12.8 Å². The lowest BCUT2D eigenvalue weighted by Crippen LogP contribution is -2.48. The van der Waals surface area contributed by atoms with Crippen LogP contribution in [0.3, 0.4) is 0 Å². The maximum atomic E-state index is 2.67. The highest BCUT2D eigenvalue weighted by Crippen LogP contribution is 2.46. The molecule has 2 bridgehead atoms. The third kappa shape index (κ3) is 3.28. The molecule has 3 heteroatoms. The molecule has 0 saturated carbocycles. The van der Waals surface area contributed by atoms with Gasteiger partial charge in [0, 0.05) is 18.6 Å². The Morgan fingerprint density at radius 3 is 2.43 bits per heavy atom. The van der Waals surface area contributed by atoms with Gasteiger partial charge in [-0.1, -0.05) is 29.8 Å². The van der Waals surface area contributed by atoms with Crippen molar-refractivity contribution in [1.29, 1.82) is 0 Å². The lowest BCUT2D eigenvalue weighted by atomic mass is 9.76. The molecule has 4 atom stereocenters. The molecular weight excluding hydrogens is 280 g/mol. The first-order valence-electron chi connectivity index (χ1n) is 7.99. The fraction of sp³-hybridized carbons (Fsp3) is 0.667. The third-order valence-electron chi connectivity index (χ3n) is 5.51. The van der Waals surface area contributed by atoms with Crippen molar-refractivity contribution >= 4 is 12.4 Å². The summed E-state index contributed by atoms with van der Waals surface area (Å²) in [6, 6.07) is 10.9. The molecule has 0 N–H and O–H groups in total. The molecule has 3 rings (SSSR count). The Bertz CT molecular complexity index is 457. The molecule has 2 aliphatic rings. The number of aryl methyl sites for hydroxylation is 1. The summed E-state index contributed by atoms with van der Waals surface area (Å²) in [5, 5.41) is 0. The predicted molar refractivity (Wildman–Crippen MR) is 92.4 cm³/mol. The molecule has 2 fully saturated rings. The van der Waals surface area contributed by atoms with Gasteiger partial charge in [0.2, 0.25) is 0 Å². The first-order valence-corrected chi connectivity index (χ1v) is 7.99. The molecule has 0 amide bonds. The van der Waals surface area contributed by atoms with Crippen LogP contribution in [0.5, 0.6) is 0 Å². The van der Waals surface area contributed by atoms with Gasteiger partial charge in [-0.05, 0) is 64.7 Å². The van der Waals surface area contributed by atoms with Crippen molar-refractivity contribution in [1.82, 2.24) is 9.80 Å². The fourth-order valence-corrected chi connectivity index (χ4v) is 4.44. The SMILES string of the molecule is Cc1ccc(C2CC3CCC(C2CN(C)C)N3C)cc1.Cl. The van der Waals surface area contributed by atoms with Gasteiger partial charge in [0.15, 0.2) is 0 Å². The highest BCUT2D eigenvalue weighted by Gasteiger charge is 2.45. The molecule has 1 aromatic rings. The molecule has 118 valence electrons. The molecule has 1 aromatic carbocycles. The minimum Gasteiger partial charge on any atom is -0.309 e. The van der Waals surface area contributed by atoms with Crippen molar-refractivity contribution in [2.24, 2.45) is 5.92 Å². The van der Waals surface area contributed by atoms with Gasteiger partial charge in [0.05, 0.1) is 0 Å². The Morgan fingerprint density at radius 1 is 1.14 bits per heavy atom. The molecule has 2 nitrogen and oxygen atoms in total. The minimum absolute atomic E-state index is 0. The molecule has 2 saturated heterocycles. The van der Waals surface area contributed by atoms with E-state index < -0.39 is 0 Å². The number of benzene rings is 1. The van der Waals surface area contributed by atoms with E-state index in [9.17, 15) is 0 Å². The molecule has 21 heavy (non-hydrogen) atoms. The summed E-state index contributed by atoms with van der Waals surface area (Å²) in [5.41, 5.74) is 2.93. The molecule has 0 aromatic heterocycles. The molecular formula is C18H29ClN2. The van der Waals surface area contributed by atoms with Crippen LogP contribution in [0.4, 0.5) is 0 Å². The van der Waals surface area contributed by atoms with Crippen molar-refractivity contribution in [3.63, 3.8) is 0 Å². The summed E-state index contributed by atoms with van der Waals surface area (Å²) >= 11 is 0. The summed E-state index contributed by atoms with van der Waals surface area (Å²) in [5.74, 6) is 1.52. The zero-order valence-electron chi connectivity index (χ0n) is 13.7. The van der Waals surface area contributed by atoms with Gasteiger partial charge in [0.25, 0.3) is 0 Å². The standard InChI is InChI=1S/C18H28N2.ClH/c1-13-5-7-14(8-6-13)16-11-15-9-10-18(20(15)4)17(16)12-19(2)3;/h5-8,15-18H,9-12H2,1-4H3;1H. The normalized spacial score (nSPS) is 32.2. The van der Waals surface area contributed by atoms with E-state index in [1.165, 1.54) is 31.4 Å². The van der Waals surface area contributed by atoms with Crippen molar-refractivity contribution < 1.29 is 0 Å². The highest BCUT2D eigenvalue weighted by molar-refractivity contribution is 5.85. The van der Waals surface area contributed by atoms with E-state index >= 15 is 0 Å². The number of hydrogen-bond donors (Lipinski definition) is 0. The lowest BCUT2D eigenvalue weighted by Gasteiger charge is -2.44. The van der Waals surface area contributed by atoms with Crippen molar-refractivity contribution in [2.75, 3.05) is 27.7 Å². The number of piperidine rings is 1. The van der Waals surface area contributed by atoms with Gasteiger partial charge in [-0.3, -0.25) is 0 Å². The first kappa shape index (κ1) is 16.8. The van der Waals surface area contributed by atoms with Crippen LogP contribution in [0.1, 0.15) is 36.3 Å². The van der Waals surface area contributed by atoms with Gasteiger partial charge in [-0.25, -0.2) is 0 Å². The Balaban J connectivity index is 0.00000161. The molecule has 0 radical (unpaired) electrons. The maximum absolute atomic E-state index is 2.67. The summed E-state index contributed by atoms with van der Waals surface area (Å²) in [7, 11) is 6.77. The van der Waals surface area contributed by atoms with E-state index in [-0.39, 0.29) is 12.4 Å². The summed E-state index contributed by atoms with van der Waals surface area (Å²) < 4.78 is 0. The van der Waals surface area contributed by atoms with Gasteiger partial charge < -0.3 is 9.80 Å². The van der Waals surface area contributed by atoms with Gasteiger partial charge in [-0.15, -0.1) is 12.4 Å². The Hall–Kier alpha value is -0.570. The molecule has 0 spiro atoms. The van der Waals surface area contributed by atoms with Crippen LogP contribution in [-0.4, -0.2) is 49.6 Å². The van der Waals surface area contributed by atoms with Crippen LogP contribution in [0.15, 0.2) is 24.3 Å². The van der Waals surface area contributed by atoms with Crippen LogP contribution < -0.4 is 0 Å². The van der Waals surface area contributed by atoms with E-state index in [1.54, 1.807) is 5.56 Å². The highest BCUT2D eigenvalue weighted by atomic mass is 35.5. The molecule has 4 unspecified atom stereocenters. The Labute approximate surface area is 135 Å². The summed E-state index contributed by atoms with van der Waals surface area (Å²) in [4.78, 5) is 5.04. The largest absolute Gasteiger partial charge is 0.309 e. The van der Waals surface area contributed by atoms with Gasteiger partial charge in [-0.2, -0.15) is 0 Å². The monoisotopic (exact) mass is 308 g/mol. The zero-order valence-corrected chi connectivity index (χ0v) is 14.6. The topological polar surface area (TPSA) is 6.48 Å². The van der Waals surface area contributed by atoms with Crippen LogP contribution in [-0.2, 0) is 0 Å². The summed E-state index contributed by atoms with van der Waals surface area (Å²) in [6.45, 7) is 3.39. The zero-order chi connectivity index (χ0) is 14.3. The van der Waals surface area contributed by atoms with E-state index in [0.29, 0.717) is 0 Å².